The van der Waals surface area contributed by atoms with E-state index in [9.17, 15) is 9.59 Å². The van der Waals surface area contributed by atoms with Gasteiger partial charge in [0.1, 0.15) is 0 Å². The van der Waals surface area contributed by atoms with Gasteiger partial charge >= 0.3 is 0 Å². The van der Waals surface area contributed by atoms with Crippen LogP contribution in [0.1, 0.15) is 154 Å². The van der Waals surface area contributed by atoms with Crippen molar-refractivity contribution in [2.75, 3.05) is 0 Å². The summed E-state index contributed by atoms with van der Waals surface area (Å²) in [7, 11) is 0. The molecule has 5 saturated carbocycles. The molecule has 2 unspecified atom stereocenters. The van der Waals surface area contributed by atoms with Crippen LogP contribution in [0.15, 0.2) is 0 Å². The highest BCUT2D eigenvalue weighted by Gasteiger charge is 2.42. The second-order valence-electron chi connectivity index (χ2n) is 13.2. The molecule has 0 aliphatic heterocycles. The average molecular weight is 499 g/mol. The van der Waals surface area contributed by atoms with Crippen molar-refractivity contribution in [1.29, 1.82) is 0 Å². The molecule has 2 atom stereocenters. The molecule has 0 spiro atoms. The molecule has 0 aromatic heterocycles. The smallest absolute Gasteiger partial charge is 0.226 e. The van der Waals surface area contributed by atoms with Gasteiger partial charge in [0.15, 0.2) is 0 Å². The Balaban J connectivity index is 1.29. The van der Waals surface area contributed by atoms with Crippen LogP contribution in [0.25, 0.3) is 0 Å². The molecule has 0 aromatic carbocycles. The van der Waals surface area contributed by atoms with Crippen LogP contribution >= 0.6 is 0 Å². The first-order chi connectivity index (χ1) is 17.7. The van der Waals surface area contributed by atoms with Gasteiger partial charge in [0.25, 0.3) is 0 Å². The van der Waals surface area contributed by atoms with Crippen molar-refractivity contribution < 1.29 is 9.59 Å². The van der Waals surface area contributed by atoms with E-state index in [-0.39, 0.29) is 11.8 Å². The van der Waals surface area contributed by atoms with Crippen LogP contribution in [0, 0.1) is 11.8 Å². The summed E-state index contributed by atoms with van der Waals surface area (Å²) in [6.07, 6.45) is 29.1. The van der Waals surface area contributed by atoms with Crippen LogP contribution in [0.4, 0.5) is 0 Å². The Bertz CT molecular complexity index is 605. The number of amides is 2. The molecular formula is C32H54N2O2. The van der Waals surface area contributed by atoms with Crippen molar-refractivity contribution in [3.8, 4) is 0 Å². The van der Waals surface area contributed by atoms with Gasteiger partial charge in [0.05, 0.1) is 0 Å². The monoisotopic (exact) mass is 498 g/mol. The lowest BCUT2D eigenvalue weighted by atomic mass is 9.77. The summed E-state index contributed by atoms with van der Waals surface area (Å²) in [6.45, 7) is 0. The van der Waals surface area contributed by atoms with Crippen molar-refractivity contribution in [1.82, 2.24) is 9.80 Å². The van der Waals surface area contributed by atoms with E-state index in [4.69, 9.17) is 0 Å². The van der Waals surface area contributed by atoms with Crippen LogP contribution in [-0.4, -0.2) is 45.8 Å². The molecule has 4 heteroatoms. The van der Waals surface area contributed by atoms with Gasteiger partial charge in [-0.2, -0.15) is 0 Å². The third kappa shape index (κ3) is 6.32. The lowest BCUT2D eigenvalue weighted by Crippen LogP contribution is -2.53. The lowest BCUT2D eigenvalue weighted by Gasteiger charge is -2.46. The third-order valence-electron chi connectivity index (χ3n) is 10.8. The molecule has 2 amide bonds. The molecule has 0 heterocycles. The quantitative estimate of drug-likeness (QED) is 0.375. The fourth-order valence-electron chi connectivity index (χ4n) is 8.81. The van der Waals surface area contributed by atoms with Gasteiger partial charge in [-0.25, -0.2) is 0 Å². The number of hydrogen-bond donors (Lipinski definition) is 0. The fraction of sp³-hybridized carbons (Fsp3) is 0.938. The first-order valence-corrected chi connectivity index (χ1v) is 16.4. The minimum absolute atomic E-state index is 0.0797. The second-order valence-corrected chi connectivity index (χ2v) is 13.2. The molecule has 5 aliphatic rings. The van der Waals surface area contributed by atoms with Crippen LogP contribution in [0.2, 0.25) is 0 Å². The van der Waals surface area contributed by atoms with Gasteiger partial charge in [0, 0.05) is 36.0 Å². The van der Waals surface area contributed by atoms with Crippen molar-refractivity contribution in [2.45, 2.75) is 178 Å². The summed E-state index contributed by atoms with van der Waals surface area (Å²) in [5.41, 5.74) is 0. The standard InChI is InChI=1S/C32H54N2O2/c35-31(33(27-16-5-1-6-17-27)28-18-7-2-8-19-28)25-14-13-15-26(24-25)32(36)34(29-20-9-3-10-21-29)30-22-11-4-12-23-30/h25-30H,1-24H2. The first kappa shape index (κ1) is 26.5. The number of carbonyl (C=O) groups excluding carboxylic acids is 2. The molecule has 0 N–H and O–H groups in total. The molecule has 0 radical (unpaired) electrons. The zero-order chi connectivity index (χ0) is 24.7. The summed E-state index contributed by atoms with van der Waals surface area (Å²) in [4.78, 5) is 33.3. The molecule has 36 heavy (non-hydrogen) atoms. The maximum Gasteiger partial charge on any atom is 0.226 e. The molecule has 5 rings (SSSR count). The summed E-state index contributed by atoms with van der Waals surface area (Å²) < 4.78 is 0. The second kappa shape index (κ2) is 13.1. The lowest BCUT2D eigenvalue weighted by molar-refractivity contribution is -0.148. The minimum atomic E-state index is 0.0797. The van der Waals surface area contributed by atoms with Gasteiger partial charge in [0.2, 0.25) is 11.8 Å². The molecule has 0 bridgehead atoms. The Kier molecular flexibility index (Phi) is 9.69. The molecule has 4 nitrogen and oxygen atoms in total. The van der Waals surface area contributed by atoms with Gasteiger partial charge in [-0.3, -0.25) is 9.59 Å². The van der Waals surface area contributed by atoms with Crippen LogP contribution < -0.4 is 0 Å². The third-order valence-corrected chi connectivity index (χ3v) is 10.8. The van der Waals surface area contributed by atoms with E-state index in [1.165, 1.54) is 128 Å². The Hall–Kier alpha value is -1.06. The van der Waals surface area contributed by atoms with Gasteiger partial charge in [-0.15, -0.1) is 0 Å². The highest BCUT2D eigenvalue weighted by atomic mass is 16.2. The van der Waals surface area contributed by atoms with Crippen molar-refractivity contribution >= 4 is 11.8 Å². The number of nitrogens with zero attached hydrogens (tertiary/aromatic N) is 2. The summed E-state index contributed by atoms with van der Waals surface area (Å²) in [5, 5.41) is 0. The number of carbonyl (C=O) groups is 2. The topological polar surface area (TPSA) is 40.6 Å². The SMILES string of the molecule is O=C(C1CCCC(C(=O)N(C2CCCCC2)C2CCCCC2)C1)N(C1CCCCC1)C1CCCCC1. The van der Waals surface area contributed by atoms with Crippen LogP contribution in [0.5, 0.6) is 0 Å². The Morgan fingerprint density at radius 1 is 0.361 bits per heavy atom. The average Bonchev–Trinajstić information content (AvgIpc) is 2.96. The highest BCUT2D eigenvalue weighted by Crippen LogP contribution is 2.39. The Morgan fingerprint density at radius 2 is 0.639 bits per heavy atom. The van der Waals surface area contributed by atoms with Gasteiger partial charge in [-0.05, 0) is 70.6 Å². The Labute approximate surface area is 221 Å². The van der Waals surface area contributed by atoms with Gasteiger partial charge in [-0.1, -0.05) is 83.5 Å². The van der Waals surface area contributed by atoms with E-state index in [2.05, 4.69) is 9.80 Å². The van der Waals surface area contributed by atoms with Crippen LogP contribution in [0.3, 0.4) is 0 Å². The molecule has 5 fully saturated rings. The molecule has 5 aliphatic carbocycles. The fourth-order valence-corrected chi connectivity index (χ4v) is 8.81. The number of hydrogen-bond acceptors (Lipinski definition) is 2. The molecule has 0 saturated heterocycles. The predicted octanol–water partition coefficient (Wildman–Crippen LogP) is 7.78. The maximum absolute atomic E-state index is 14.2. The van der Waals surface area contributed by atoms with E-state index < -0.39 is 0 Å². The van der Waals surface area contributed by atoms with E-state index in [1.54, 1.807) is 0 Å². The van der Waals surface area contributed by atoms with Gasteiger partial charge < -0.3 is 9.80 Å². The largest absolute Gasteiger partial charge is 0.336 e. The number of rotatable bonds is 6. The molecular weight excluding hydrogens is 444 g/mol. The van der Waals surface area contributed by atoms with Crippen molar-refractivity contribution in [3.05, 3.63) is 0 Å². The predicted molar refractivity (Wildman–Crippen MR) is 147 cm³/mol. The first-order valence-electron chi connectivity index (χ1n) is 16.4. The maximum atomic E-state index is 14.2. The summed E-state index contributed by atoms with van der Waals surface area (Å²) in [6, 6.07) is 1.86. The summed E-state index contributed by atoms with van der Waals surface area (Å²) in [5.74, 6) is 1.04. The Morgan fingerprint density at radius 3 is 0.917 bits per heavy atom. The highest BCUT2D eigenvalue weighted by molar-refractivity contribution is 5.83. The molecule has 0 aromatic rings. The van der Waals surface area contributed by atoms with E-state index in [1.807, 2.05) is 0 Å². The summed E-state index contributed by atoms with van der Waals surface area (Å²) >= 11 is 0. The van der Waals surface area contributed by atoms with Crippen molar-refractivity contribution in [3.63, 3.8) is 0 Å². The molecule has 204 valence electrons. The zero-order valence-corrected chi connectivity index (χ0v) is 23.1. The van der Waals surface area contributed by atoms with E-state index in [0.717, 1.165) is 25.7 Å². The minimum Gasteiger partial charge on any atom is -0.336 e. The van der Waals surface area contributed by atoms with Crippen molar-refractivity contribution in [2.24, 2.45) is 11.8 Å². The van der Waals surface area contributed by atoms with Crippen LogP contribution in [-0.2, 0) is 9.59 Å². The normalized spacial score (nSPS) is 30.1. The van der Waals surface area contributed by atoms with E-state index in [0.29, 0.717) is 36.0 Å². The zero-order valence-electron chi connectivity index (χ0n) is 23.1. The van der Waals surface area contributed by atoms with E-state index >= 15 is 0 Å².